The Hall–Kier alpha value is -2.03. The number of aromatic nitrogens is 1. The average molecular weight is 280 g/mol. The summed E-state index contributed by atoms with van der Waals surface area (Å²) < 4.78 is 0. The highest BCUT2D eigenvalue weighted by Crippen LogP contribution is 2.42. The van der Waals surface area contributed by atoms with Crippen LogP contribution in [0.4, 0.5) is 0 Å². The van der Waals surface area contributed by atoms with Gasteiger partial charge in [0.15, 0.2) is 0 Å². The van der Waals surface area contributed by atoms with Crippen LogP contribution in [0.5, 0.6) is 0 Å². The minimum Gasteiger partial charge on any atom is -0.364 e. The predicted molar refractivity (Wildman–Crippen MR) is 82.4 cm³/mol. The Balaban J connectivity index is 1.61. The first kappa shape index (κ1) is 12.7. The number of benzene rings is 1. The number of rotatable bonds is 3. The Morgan fingerprint density at radius 2 is 2.00 bits per heavy atom. The first-order chi connectivity index (χ1) is 10.3. The van der Waals surface area contributed by atoms with Crippen LogP contribution in [0.25, 0.3) is 0 Å². The van der Waals surface area contributed by atoms with Gasteiger partial charge < -0.3 is 9.88 Å². The molecule has 3 heteroatoms. The van der Waals surface area contributed by atoms with E-state index < -0.39 is 0 Å². The summed E-state index contributed by atoms with van der Waals surface area (Å²) in [5.74, 6) is 0.725. The molecule has 4 rings (SSSR count). The highest BCUT2D eigenvalue weighted by atomic mass is 16.2. The predicted octanol–water partition coefficient (Wildman–Crippen LogP) is 3.65. The van der Waals surface area contributed by atoms with Crippen LogP contribution in [0.1, 0.15) is 58.4 Å². The second kappa shape index (κ2) is 4.76. The number of H-pyrrole nitrogens is 1. The number of hydrogen-bond donors (Lipinski definition) is 1. The maximum Gasteiger partial charge on any atom is 0.255 e. The van der Waals surface area contributed by atoms with Gasteiger partial charge in [-0.3, -0.25) is 4.79 Å². The first-order valence-corrected chi connectivity index (χ1v) is 7.78. The van der Waals surface area contributed by atoms with Crippen molar-refractivity contribution in [2.75, 3.05) is 7.05 Å². The Morgan fingerprint density at radius 1 is 1.19 bits per heavy atom. The summed E-state index contributed by atoms with van der Waals surface area (Å²) in [6.07, 6.45) is 6.41. The van der Waals surface area contributed by atoms with E-state index in [2.05, 4.69) is 29.2 Å². The smallest absolute Gasteiger partial charge is 0.255 e. The van der Waals surface area contributed by atoms with Gasteiger partial charge in [-0.1, -0.05) is 24.3 Å². The molecule has 1 aromatic heterocycles. The fraction of sp³-hybridized carbons (Fsp3) is 0.389. The van der Waals surface area contributed by atoms with E-state index in [9.17, 15) is 4.79 Å². The van der Waals surface area contributed by atoms with E-state index in [0.29, 0.717) is 5.92 Å². The van der Waals surface area contributed by atoms with Gasteiger partial charge in [-0.15, -0.1) is 0 Å². The van der Waals surface area contributed by atoms with Crippen LogP contribution < -0.4 is 0 Å². The summed E-state index contributed by atoms with van der Waals surface area (Å²) >= 11 is 0. The lowest BCUT2D eigenvalue weighted by Gasteiger charge is -2.25. The van der Waals surface area contributed by atoms with Crippen molar-refractivity contribution in [3.05, 3.63) is 58.9 Å². The highest BCUT2D eigenvalue weighted by Gasteiger charge is 2.33. The Labute approximate surface area is 125 Å². The number of aryl methyl sites for hydroxylation is 1. The van der Waals surface area contributed by atoms with Crippen molar-refractivity contribution < 1.29 is 4.79 Å². The number of nitrogens with one attached hydrogen (secondary N) is 1. The van der Waals surface area contributed by atoms with E-state index in [1.54, 1.807) is 0 Å². The van der Waals surface area contributed by atoms with Gasteiger partial charge in [-0.2, -0.15) is 0 Å². The van der Waals surface area contributed by atoms with Crippen LogP contribution in [0, 0.1) is 0 Å². The lowest BCUT2D eigenvalue weighted by Crippen LogP contribution is -2.30. The second-order valence-corrected chi connectivity index (χ2v) is 6.25. The van der Waals surface area contributed by atoms with E-state index >= 15 is 0 Å². The fourth-order valence-electron chi connectivity index (χ4n) is 3.55. The number of hydrogen-bond acceptors (Lipinski definition) is 1. The van der Waals surface area contributed by atoms with Gasteiger partial charge in [0, 0.05) is 18.9 Å². The van der Waals surface area contributed by atoms with E-state index in [0.717, 1.165) is 24.1 Å². The summed E-state index contributed by atoms with van der Waals surface area (Å²) in [4.78, 5) is 18.1. The van der Waals surface area contributed by atoms with Crippen LogP contribution in [0.15, 0.2) is 36.5 Å². The molecular formula is C18H20N2O. The second-order valence-electron chi connectivity index (χ2n) is 6.25. The Kier molecular flexibility index (Phi) is 2.88. The number of aromatic amines is 1. The third-order valence-corrected chi connectivity index (χ3v) is 4.88. The Bertz CT molecular complexity index is 684. The molecular weight excluding hydrogens is 260 g/mol. The topological polar surface area (TPSA) is 36.1 Å². The minimum atomic E-state index is 0.153. The molecule has 21 heavy (non-hydrogen) atoms. The molecule has 1 amide bonds. The quantitative estimate of drug-likeness (QED) is 0.915. The number of carbonyl (C=O) groups is 1. The third-order valence-electron chi connectivity index (χ3n) is 4.88. The molecule has 0 bridgehead atoms. The summed E-state index contributed by atoms with van der Waals surface area (Å²) in [6.45, 7) is 0. The Morgan fingerprint density at radius 3 is 2.81 bits per heavy atom. The molecule has 1 aromatic carbocycles. The van der Waals surface area contributed by atoms with Gasteiger partial charge in [0.2, 0.25) is 0 Å². The standard InChI is InChI=1S/C18H20N2O/c1-20(16-9-8-12-4-2-3-5-14(12)16)18(21)15-10-11-19-17(15)13-6-7-13/h2-5,10-11,13,16,19H,6-9H2,1H3. The maximum atomic E-state index is 12.9. The van der Waals surface area contributed by atoms with Gasteiger partial charge in [0.1, 0.15) is 0 Å². The molecule has 1 N–H and O–H groups in total. The normalized spacial score (nSPS) is 20.3. The van der Waals surface area contributed by atoms with Crippen LogP contribution >= 0.6 is 0 Å². The van der Waals surface area contributed by atoms with E-state index in [1.165, 1.54) is 24.0 Å². The van der Waals surface area contributed by atoms with E-state index in [1.807, 2.05) is 24.2 Å². The van der Waals surface area contributed by atoms with Crippen LogP contribution in [0.3, 0.4) is 0 Å². The van der Waals surface area contributed by atoms with Crippen molar-refractivity contribution in [2.24, 2.45) is 0 Å². The minimum absolute atomic E-state index is 0.153. The highest BCUT2D eigenvalue weighted by molar-refractivity contribution is 5.96. The van der Waals surface area contributed by atoms with Crippen molar-refractivity contribution in [1.29, 1.82) is 0 Å². The monoisotopic (exact) mass is 280 g/mol. The zero-order valence-electron chi connectivity index (χ0n) is 12.3. The first-order valence-electron chi connectivity index (χ1n) is 7.78. The van der Waals surface area contributed by atoms with Crippen LogP contribution in [-0.2, 0) is 6.42 Å². The van der Waals surface area contributed by atoms with Gasteiger partial charge >= 0.3 is 0 Å². The molecule has 0 aliphatic heterocycles. The van der Waals surface area contributed by atoms with Crippen molar-refractivity contribution in [3.8, 4) is 0 Å². The lowest BCUT2D eigenvalue weighted by molar-refractivity contribution is 0.0729. The van der Waals surface area contributed by atoms with Gasteiger partial charge in [0.05, 0.1) is 11.6 Å². The van der Waals surface area contributed by atoms with Crippen LogP contribution in [-0.4, -0.2) is 22.8 Å². The fourth-order valence-corrected chi connectivity index (χ4v) is 3.55. The number of nitrogens with zero attached hydrogens (tertiary/aromatic N) is 1. The number of amides is 1. The molecule has 1 fully saturated rings. The molecule has 1 atom stereocenters. The van der Waals surface area contributed by atoms with Gasteiger partial charge in [-0.05, 0) is 48.8 Å². The van der Waals surface area contributed by atoms with Crippen molar-refractivity contribution in [2.45, 2.75) is 37.6 Å². The third kappa shape index (κ3) is 2.08. The van der Waals surface area contributed by atoms with Gasteiger partial charge in [0.25, 0.3) is 5.91 Å². The molecule has 0 saturated heterocycles. The zero-order chi connectivity index (χ0) is 14.4. The van der Waals surface area contributed by atoms with Crippen LogP contribution in [0.2, 0.25) is 0 Å². The van der Waals surface area contributed by atoms with E-state index in [4.69, 9.17) is 0 Å². The van der Waals surface area contributed by atoms with Crippen molar-refractivity contribution in [3.63, 3.8) is 0 Å². The average Bonchev–Trinajstić information content (AvgIpc) is 3.09. The molecule has 2 aliphatic rings. The maximum absolute atomic E-state index is 12.9. The summed E-state index contributed by atoms with van der Waals surface area (Å²) in [7, 11) is 1.94. The number of carbonyl (C=O) groups excluding carboxylic acids is 1. The zero-order valence-corrected chi connectivity index (χ0v) is 12.3. The largest absolute Gasteiger partial charge is 0.364 e. The molecule has 2 aliphatic carbocycles. The molecule has 108 valence electrons. The molecule has 3 nitrogen and oxygen atoms in total. The van der Waals surface area contributed by atoms with Crippen molar-refractivity contribution >= 4 is 5.91 Å². The number of fused-ring (bicyclic) bond motifs is 1. The molecule has 2 aromatic rings. The molecule has 1 unspecified atom stereocenters. The summed E-state index contributed by atoms with van der Waals surface area (Å²) in [6, 6.07) is 10.7. The molecule has 0 radical (unpaired) electrons. The van der Waals surface area contributed by atoms with E-state index in [-0.39, 0.29) is 11.9 Å². The molecule has 0 spiro atoms. The van der Waals surface area contributed by atoms with Crippen molar-refractivity contribution in [1.82, 2.24) is 9.88 Å². The van der Waals surface area contributed by atoms with Gasteiger partial charge in [-0.25, -0.2) is 0 Å². The summed E-state index contributed by atoms with van der Waals surface area (Å²) in [5.41, 5.74) is 4.71. The molecule has 1 saturated carbocycles. The lowest BCUT2D eigenvalue weighted by atomic mass is 10.1. The summed E-state index contributed by atoms with van der Waals surface area (Å²) in [5, 5.41) is 0. The molecule has 1 heterocycles. The SMILES string of the molecule is CN(C(=O)c1cc[nH]c1C1CC1)C1CCc2ccccc21.